The minimum absolute atomic E-state index is 0.610. The van der Waals surface area contributed by atoms with Gasteiger partial charge in [-0.05, 0) is 18.6 Å². The molecule has 0 aliphatic carbocycles. The van der Waals surface area contributed by atoms with Gasteiger partial charge in [0.15, 0.2) is 0 Å². The van der Waals surface area contributed by atoms with Crippen LogP contribution in [0.5, 0.6) is 0 Å². The molecule has 0 aliphatic heterocycles. The fraction of sp³-hybridized carbons (Fsp3) is 0.200. The molecule has 14 heavy (non-hydrogen) atoms. The van der Waals surface area contributed by atoms with E-state index in [4.69, 9.17) is 0 Å². The van der Waals surface area contributed by atoms with Crippen LogP contribution in [0.4, 0.5) is 0 Å². The largest absolute Gasteiger partial charge is 0.288 e. The zero-order valence-corrected chi connectivity index (χ0v) is 9.01. The number of hydrogen-bond donors (Lipinski definition) is 1. The Kier molecular flexibility index (Phi) is 3.30. The average Bonchev–Trinajstić information content (AvgIpc) is 2.02. The van der Waals surface area contributed by atoms with Crippen molar-refractivity contribution >= 4 is 16.1 Å². The highest BCUT2D eigenvalue weighted by Crippen LogP contribution is 2.04. The number of allylic oxidation sites excluding steroid dienone is 1. The third kappa shape index (κ3) is 4.09. The number of nitrogens with one attached hydrogen (secondary N) is 1. The standard InChI is InChI=1S/C10H13NO2S/c1-9(11-14(2,12)13)8-10-6-4-3-5-7-10/h3-8,11H,1-2H3. The Morgan fingerprint density at radius 2 is 1.86 bits per heavy atom. The molecule has 1 aromatic rings. The zero-order chi connectivity index (χ0) is 10.6. The number of benzene rings is 1. The Balaban J connectivity index is 2.80. The summed E-state index contributed by atoms with van der Waals surface area (Å²) >= 11 is 0. The van der Waals surface area contributed by atoms with Crippen molar-refractivity contribution in [2.75, 3.05) is 6.26 Å². The van der Waals surface area contributed by atoms with Gasteiger partial charge in [-0.2, -0.15) is 0 Å². The molecule has 0 bridgehead atoms. The lowest BCUT2D eigenvalue weighted by Crippen LogP contribution is -2.19. The zero-order valence-electron chi connectivity index (χ0n) is 8.19. The third-order valence-corrected chi connectivity index (χ3v) is 2.22. The smallest absolute Gasteiger partial charge is 0.229 e. The van der Waals surface area contributed by atoms with Gasteiger partial charge in [-0.1, -0.05) is 30.3 Å². The molecule has 0 aromatic heterocycles. The maximum atomic E-state index is 10.9. The van der Waals surface area contributed by atoms with E-state index in [-0.39, 0.29) is 0 Å². The second-order valence-electron chi connectivity index (χ2n) is 3.11. The normalized spacial score (nSPS) is 12.6. The summed E-state index contributed by atoms with van der Waals surface area (Å²) in [6.07, 6.45) is 2.91. The first-order valence-electron chi connectivity index (χ1n) is 4.18. The summed E-state index contributed by atoms with van der Waals surface area (Å²) < 4.78 is 24.2. The van der Waals surface area contributed by atoms with Crippen LogP contribution < -0.4 is 4.72 Å². The van der Waals surface area contributed by atoms with E-state index >= 15 is 0 Å². The monoisotopic (exact) mass is 211 g/mol. The Labute approximate surface area is 84.5 Å². The van der Waals surface area contributed by atoms with Crippen molar-refractivity contribution in [3.8, 4) is 0 Å². The van der Waals surface area contributed by atoms with E-state index in [1.54, 1.807) is 13.0 Å². The van der Waals surface area contributed by atoms with Crippen molar-refractivity contribution in [1.82, 2.24) is 4.72 Å². The highest BCUT2D eigenvalue weighted by Gasteiger charge is 1.99. The Bertz CT molecular complexity index is 421. The number of hydrogen-bond acceptors (Lipinski definition) is 2. The van der Waals surface area contributed by atoms with Crippen molar-refractivity contribution < 1.29 is 8.42 Å². The van der Waals surface area contributed by atoms with Crippen molar-refractivity contribution in [2.45, 2.75) is 6.92 Å². The maximum Gasteiger partial charge on any atom is 0.229 e. The van der Waals surface area contributed by atoms with Gasteiger partial charge < -0.3 is 0 Å². The Hall–Kier alpha value is -1.29. The first-order chi connectivity index (χ1) is 6.47. The molecule has 1 N–H and O–H groups in total. The molecule has 76 valence electrons. The van der Waals surface area contributed by atoms with Gasteiger partial charge in [0.2, 0.25) is 10.0 Å². The quantitative estimate of drug-likeness (QED) is 0.825. The van der Waals surface area contributed by atoms with E-state index in [0.29, 0.717) is 5.70 Å². The molecule has 0 saturated carbocycles. The van der Waals surface area contributed by atoms with Gasteiger partial charge in [0.05, 0.1) is 6.26 Å². The van der Waals surface area contributed by atoms with Crippen LogP contribution in [0, 0.1) is 0 Å². The van der Waals surface area contributed by atoms with Gasteiger partial charge in [-0.15, -0.1) is 0 Å². The third-order valence-electron chi connectivity index (χ3n) is 1.53. The molecular formula is C10H13NO2S. The van der Waals surface area contributed by atoms with Crippen molar-refractivity contribution in [1.29, 1.82) is 0 Å². The summed E-state index contributed by atoms with van der Waals surface area (Å²) in [5.41, 5.74) is 1.58. The second kappa shape index (κ2) is 4.28. The predicted molar refractivity (Wildman–Crippen MR) is 58.1 cm³/mol. The first kappa shape index (κ1) is 10.8. The molecule has 0 fully saturated rings. The molecule has 0 heterocycles. The molecule has 0 unspecified atom stereocenters. The molecule has 1 aromatic carbocycles. The average molecular weight is 211 g/mol. The van der Waals surface area contributed by atoms with Crippen molar-refractivity contribution in [3.63, 3.8) is 0 Å². The first-order valence-corrected chi connectivity index (χ1v) is 6.08. The Morgan fingerprint density at radius 1 is 1.29 bits per heavy atom. The highest BCUT2D eigenvalue weighted by molar-refractivity contribution is 7.88. The second-order valence-corrected chi connectivity index (χ2v) is 4.86. The fourth-order valence-corrected chi connectivity index (χ4v) is 1.76. The summed E-state index contributed by atoms with van der Waals surface area (Å²) in [4.78, 5) is 0. The van der Waals surface area contributed by atoms with Gasteiger partial charge in [0.25, 0.3) is 0 Å². The number of sulfonamides is 1. The molecule has 0 radical (unpaired) electrons. The van der Waals surface area contributed by atoms with Crippen LogP contribution in [0.15, 0.2) is 36.0 Å². The molecule has 0 aliphatic rings. The lowest BCUT2D eigenvalue weighted by Gasteiger charge is -2.03. The van der Waals surface area contributed by atoms with Crippen molar-refractivity contribution in [3.05, 3.63) is 41.6 Å². The molecular weight excluding hydrogens is 198 g/mol. The van der Waals surface area contributed by atoms with Crippen LogP contribution in [-0.2, 0) is 10.0 Å². The van der Waals surface area contributed by atoms with Crippen LogP contribution in [-0.4, -0.2) is 14.7 Å². The molecule has 0 amide bonds. The van der Waals surface area contributed by atoms with E-state index < -0.39 is 10.0 Å². The van der Waals surface area contributed by atoms with E-state index in [9.17, 15) is 8.42 Å². The SMILES string of the molecule is CC(=Cc1ccccc1)NS(C)(=O)=O. The predicted octanol–water partition coefficient (Wildman–Crippen LogP) is 1.60. The van der Waals surface area contributed by atoms with Gasteiger partial charge in [-0.25, -0.2) is 8.42 Å². The fourth-order valence-electron chi connectivity index (χ4n) is 1.12. The van der Waals surface area contributed by atoms with Crippen LogP contribution in [0.25, 0.3) is 6.08 Å². The van der Waals surface area contributed by atoms with Crippen LogP contribution in [0.3, 0.4) is 0 Å². The van der Waals surface area contributed by atoms with Gasteiger partial charge in [0.1, 0.15) is 0 Å². The summed E-state index contributed by atoms with van der Waals surface area (Å²) in [6.45, 7) is 1.72. The van der Waals surface area contributed by atoms with Gasteiger partial charge in [0, 0.05) is 5.70 Å². The number of rotatable bonds is 3. The van der Waals surface area contributed by atoms with Crippen LogP contribution in [0.2, 0.25) is 0 Å². The highest BCUT2D eigenvalue weighted by atomic mass is 32.2. The Morgan fingerprint density at radius 3 is 2.36 bits per heavy atom. The lowest BCUT2D eigenvalue weighted by atomic mass is 10.2. The molecule has 0 spiro atoms. The van der Waals surface area contributed by atoms with Crippen LogP contribution >= 0.6 is 0 Å². The molecule has 0 atom stereocenters. The summed E-state index contributed by atoms with van der Waals surface area (Å²) in [6, 6.07) is 9.54. The topological polar surface area (TPSA) is 46.2 Å². The maximum absolute atomic E-state index is 10.9. The van der Waals surface area contributed by atoms with E-state index in [1.165, 1.54) is 0 Å². The van der Waals surface area contributed by atoms with Crippen LogP contribution in [0.1, 0.15) is 12.5 Å². The summed E-state index contributed by atoms with van der Waals surface area (Å²) in [5.74, 6) is 0. The van der Waals surface area contributed by atoms with E-state index in [1.807, 2.05) is 30.3 Å². The van der Waals surface area contributed by atoms with E-state index in [0.717, 1.165) is 11.8 Å². The summed E-state index contributed by atoms with van der Waals surface area (Å²) in [5, 5.41) is 0. The molecule has 4 heteroatoms. The lowest BCUT2D eigenvalue weighted by molar-refractivity contribution is 0.595. The minimum Gasteiger partial charge on any atom is -0.288 e. The summed E-state index contributed by atoms with van der Waals surface area (Å²) in [7, 11) is -3.16. The molecule has 1 rings (SSSR count). The molecule has 3 nitrogen and oxygen atoms in total. The van der Waals surface area contributed by atoms with Gasteiger partial charge in [-0.3, -0.25) is 4.72 Å². The molecule has 0 saturated heterocycles. The minimum atomic E-state index is -3.16. The van der Waals surface area contributed by atoms with E-state index in [2.05, 4.69) is 4.72 Å². The van der Waals surface area contributed by atoms with Crippen molar-refractivity contribution in [2.24, 2.45) is 0 Å². The van der Waals surface area contributed by atoms with Gasteiger partial charge >= 0.3 is 0 Å².